The van der Waals surface area contributed by atoms with E-state index in [0.29, 0.717) is 15.3 Å². The van der Waals surface area contributed by atoms with Crippen LogP contribution in [0.15, 0.2) is 58.3 Å². The van der Waals surface area contributed by atoms with Gasteiger partial charge in [-0.15, -0.1) is 22.7 Å². The van der Waals surface area contributed by atoms with Crippen molar-refractivity contribution < 1.29 is 14.3 Å². The first-order valence-corrected chi connectivity index (χ1v) is 11.2. The molecule has 3 aromatic heterocycles. The molecule has 1 N–H and O–H groups in total. The topological polar surface area (TPSA) is 103 Å². The van der Waals surface area contributed by atoms with Crippen LogP contribution in [0.5, 0.6) is 0 Å². The number of nitrogens with one attached hydrogen (secondary N) is 1. The lowest BCUT2D eigenvalue weighted by atomic mass is 10.2. The molecule has 0 saturated heterocycles. The monoisotopic (exact) mass is 454 g/mol. The largest absolute Gasteiger partial charge is 0.452 e. The number of benzene rings is 1. The summed E-state index contributed by atoms with van der Waals surface area (Å²) in [7, 11) is 0. The first kappa shape index (κ1) is 20.9. The van der Waals surface area contributed by atoms with Crippen molar-refractivity contribution >= 4 is 49.9 Å². The van der Waals surface area contributed by atoms with Gasteiger partial charge >= 0.3 is 5.97 Å². The van der Waals surface area contributed by atoms with Gasteiger partial charge in [-0.3, -0.25) is 24.3 Å². The average molecular weight is 455 g/mol. The maximum Gasteiger partial charge on any atom is 0.308 e. The Hall–Kier alpha value is -3.37. The highest BCUT2D eigenvalue weighted by molar-refractivity contribution is 7.16. The van der Waals surface area contributed by atoms with Gasteiger partial charge in [-0.25, -0.2) is 9.97 Å². The van der Waals surface area contributed by atoms with Crippen molar-refractivity contribution in [2.24, 2.45) is 0 Å². The lowest BCUT2D eigenvalue weighted by Crippen LogP contribution is -2.30. The molecule has 0 spiro atoms. The molecule has 0 aliphatic rings. The Morgan fingerprint density at radius 3 is 2.81 bits per heavy atom. The van der Waals surface area contributed by atoms with Crippen molar-refractivity contribution in [1.82, 2.24) is 14.5 Å². The minimum absolute atomic E-state index is 0.0513. The molecule has 0 aliphatic carbocycles. The van der Waals surface area contributed by atoms with Gasteiger partial charge in [0.1, 0.15) is 4.83 Å². The lowest BCUT2D eigenvalue weighted by Gasteiger charge is -2.12. The van der Waals surface area contributed by atoms with E-state index in [-0.39, 0.29) is 18.5 Å². The SMILES string of the molecule is CC(OC(=O)CCn1cnc2sccc2c1=O)C(=O)Nc1nc(-c2ccccc2)cs1. The summed E-state index contributed by atoms with van der Waals surface area (Å²) in [5.41, 5.74) is 1.50. The van der Waals surface area contributed by atoms with Crippen LogP contribution in [0.3, 0.4) is 0 Å². The van der Waals surface area contributed by atoms with Crippen LogP contribution in [-0.2, 0) is 20.9 Å². The maximum absolute atomic E-state index is 12.4. The third-order valence-electron chi connectivity index (χ3n) is 4.49. The third kappa shape index (κ3) is 4.86. The summed E-state index contributed by atoms with van der Waals surface area (Å²) < 4.78 is 6.56. The summed E-state index contributed by atoms with van der Waals surface area (Å²) >= 11 is 2.67. The zero-order valence-corrected chi connectivity index (χ0v) is 18.1. The Bertz CT molecular complexity index is 1280. The van der Waals surface area contributed by atoms with E-state index in [4.69, 9.17) is 4.74 Å². The van der Waals surface area contributed by atoms with Gasteiger partial charge < -0.3 is 4.74 Å². The summed E-state index contributed by atoms with van der Waals surface area (Å²) in [5.74, 6) is -1.05. The fraction of sp³-hybridized carbons (Fsp3) is 0.190. The van der Waals surface area contributed by atoms with Gasteiger partial charge in [0.15, 0.2) is 11.2 Å². The fourth-order valence-electron chi connectivity index (χ4n) is 2.85. The number of aryl methyl sites for hydroxylation is 1. The highest BCUT2D eigenvalue weighted by Crippen LogP contribution is 2.24. The van der Waals surface area contributed by atoms with Crippen LogP contribution >= 0.6 is 22.7 Å². The number of hydrogen-bond donors (Lipinski definition) is 1. The standard InChI is InChI=1S/C21H18N4O4S2/c1-13(18(27)24-21-23-16(11-31-21)14-5-3-2-4-6-14)29-17(26)7-9-25-12-22-19-15(20(25)28)8-10-30-19/h2-6,8,10-13H,7,9H2,1H3,(H,23,24,27). The highest BCUT2D eigenvalue weighted by Gasteiger charge is 2.19. The van der Waals surface area contributed by atoms with Gasteiger partial charge in [0.25, 0.3) is 11.5 Å². The molecule has 3 heterocycles. The third-order valence-corrected chi connectivity index (χ3v) is 6.07. The van der Waals surface area contributed by atoms with Crippen LogP contribution in [-0.4, -0.2) is 32.5 Å². The number of rotatable bonds is 7. The second-order valence-electron chi connectivity index (χ2n) is 6.66. The van der Waals surface area contributed by atoms with Gasteiger partial charge in [0.2, 0.25) is 0 Å². The number of amides is 1. The zero-order chi connectivity index (χ0) is 21.8. The number of hydrogen-bond acceptors (Lipinski definition) is 8. The first-order valence-electron chi connectivity index (χ1n) is 9.45. The molecule has 0 aliphatic heterocycles. The van der Waals surface area contributed by atoms with E-state index >= 15 is 0 Å². The summed E-state index contributed by atoms with van der Waals surface area (Å²) in [6, 6.07) is 11.3. The van der Waals surface area contributed by atoms with E-state index in [2.05, 4.69) is 15.3 Å². The molecule has 4 rings (SSSR count). The molecular formula is C21H18N4O4S2. The molecule has 10 heteroatoms. The smallest absolute Gasteiger partial charge is 0.308 e. The van der Waals surface area contributed by atoms with E-state index in [0.717, 1.165) is 11.3 Å². The molecule has 0 bridgehead atoms. The van der Waals surface area contributed by atoms with Crippen molar-refractivity contribution in [1.29, 1.82) is 0 Å². The Kier molecular flexibility index (Phi) is 6.19. The quantitative estimate of drug-likeness (QED) is 0.429. The van der Waals surface area contributed by atoms with Gasteiger partial charge in [0.05, 0.1) is 23.8 Å². The highest BCUT2D eigenvalue weighted by atomic mass is 32.1. The van der Waals surface area contributed by atoms with Crippen LogP contribution in [0.1, 0.15) is 13.3 Å². The van der Waals surface area contributed by atoms with Gasteiger partial charge in [0, 0.05) is 17.5 Å². The Morgan fingerprint density at radius 1 is 1.19 bits per heavy atom. The van der Waals surface area contributed by atoms with Crippen molar-refractivity contribution in [2.45, 2.75) is 26.0 Å². The normalized spacial score (nSPS) is 11.9. The van der Waals surface area contributed by atoms with Gasteiger partial charge in [-0.05, 0) is 18.4 Å². The number of anilines is 1. The molecule has 158 valence electrons. The minimum atomic E-state index is -0.995. The lowest BCUT2D eigenvalue weighted by molar-refractivity contribution is -0.153. The summed E-state index contributed by atoms with van der Waals surface area (Å²) in [6.45, 7) is 1.61. The number of carbonyl (C=O) groups is 2. The molecular weight excluding hydrogens is 436 g/mol. The second kappa shape index (κ2) is 9.19. The number of esters is 1. The van der Waals surface area contributed by atoms with Gasteiger partial charge in [-0.1, -0.05) is 30.3 Å². The number of thiazole rings is 1. The number of aromatic nitrogens is 3. The predicted molar refractivity (Wildman–Crippen MR) is 120 cm³/mol. The van der Waals surface area contributed by atoms with E-state index in [1.54, 1.807) is 11.4 Å². The maximum atomic E-state index is 12.4. The summed E-state index contributed by atoms with van der Waals surface area (Å²) in [4.78, 5) is 46.1. The van der Waals surface area contributed by atoms with E-state index in [1.807, 2.05) is 35.7 Å². The molecule has 0 fully saturated rings. The summed E-state index contributed by atoms with van der Waals surface area (Å²) in [5, 5.41) is 7.25. The number of thiophene rings is 1. The van der Waals surface area contributed by atoms with Crippen molar-refractivity contribution in [3.05, 3.63) is 63.8 Å². The van der Waals surface area contributed by atoms with Crippen LogP contribution in [0, 0.1) is 0 Å². The molecule has 31 heavy (non-hydrogen) atoms. The number of fused-ring (bicyclic) bond motifs is 1. The molecule has 1 atom stereocenters. The molecule has 1 aromatic carbocycles. The van der Waals surface area contributed by atoms with Crippen LogP contribution < -0.4 is 10.9 Å². The summed E-state index contributed by atoms with van der Waals surface area (Å²) in [6.07, 6.45) is 0.368. The van der Waals surface area contributed by atoms with Crippen LogP contribution in [0.2, 0.25) is 0 Å². The zero-order valence-electron chi connectivity index (χ0n) is 16.5. The van der Waals surface area contributed by atoms with Crippen molar-refractivity contribution in [3.63, 3.8) is 0 Å². The molecule has 4 aromatic rings. The van der Waals surface area contributed by atoms with Crippen molar-refractivity contribution in [2.75, 3.05) is 5.32 Å². The van der Waals surface area contributed by atoms with Crippen LogP contribution in [0.4, 0.5) is 5.13 Å². The van der Waals surface area contributed by atoms with E-state index in [9.17, 15) is 14.4 Å². The van der Waals surface area contributed by atoms with Gasteiger partial charge in [-0.2, -0.15) is 0 Å². The van der Waals surface area contributed by atoms with E-state index < -0.39 is 18.0 Å². The molecule has 8 nitrogen and oxygen atoms in total. The molecule has 0 radical (unpaired) electrons. The fourth-order valence-corrected chi connectivity index (χ4v) is 4.30. The molecule has 1 unspecified atom stereocenters. The Balaban J connectivity index is 1.30. The van der Waals surface area contributed by atoms with Crippen LogP contribution in [0.25, 0.3) is 21.5 Å². The Morgan fingerprint density at radius 2 is 2.00 bits per heavy atom. The average Bonchev–Trinajstić information content (AvgIpc) is 3.44. The Labute approximate surface area is 185 Å². The predicted octanol–water partition coefficient (Wildman–Crippen LogP) is 3.54. The first-order chi connectivity index (χ1) is 15.0. The number of carbonyl (C=O) groups excluding carboxylic acids is 2. The second-order valence-corrected chi connectivity index (χ2v) is 8.41. The minimum Gasteiger partial charge on any atom is -0.452 e. The molecule has 1 amide bonds. The molecule has 0 saturated carbocycles. The van der Waals surface area contributed by atoms with Crippen molar-refractivity contribution in [3.8, 4) is 11.3 Å². The number of nitrogens with zero attached hydrogens (tertiary/aromatic N) is 3. The number of ether oxygens (including phenoxy) is 1. The van der Waals surface area contributed by atoms with E-state index in [1.165, 1.54) is 40.5 Å².